The maximum absolute atomic E-state index is 11.7. The summed E-state index contributed by atoms with van der Waals surface area (Å²) in [5.74, 6) is 0. The quantitative estimate of drug-likeness (QED) is 0.564. The van der Waals surface area contributed by atoms with Gasteiger partial charge in [0, 0.05) is 6.04 Å². The van der Waals surface area contributed by atoms with Crippen LogP contribution in [0.15, 0.2) is 0 Å². The minimum Gasteiger partial charge on any atom is -0.288 e. The highest BCUT2D eigenvalue weighted by Gasteiger charge is 2.10. The molecule has 0 aromatic rings. The predicted molar refractivity (Wildman–Crippen MR) is 36.0 cm³/mol. The van der Waals surface area contributed by atoms with Gasteiger partial charge in [0.2, 0.25) is 0 Å². The molecule has 0 radical (unpaired) electrons. The molecule has 1 fully saturated rings. The summed E-state index contributed by atoms with van der Waals surface area (Å²) in [6.45, 7) is -0.356. The number of hydrogen-bond donors (Lipinski definition) is 1. The van der Waals surface area contributed by atoms with Gasteiger partial charge in [0.1, 0.15) is 6.80 Å². The Balaban J connectivity index is 2.08. The van der Waals surface area contributed by atoms with Crippen LogP contribution in [0.1, 0.15) is 32.1 Å². The van der Waals surface area contributed by atoms with Crippen LogP contribution >= 0.6 is 0 Å². The summed E-state index contributed by atoms with van der Waals surface area (Å²) < 4.78 is 11.7. The third-order valence-electron chi connectivity index (χ3n) is 1.97. The summed E-state index contributed by atoms with van der Waals surface area (Å²) in [4.78, 5) is 0. The predicted octanol–water partition coefficient (Wildman–Crippen LogP) is 1.84. The lowest BCUT2D eigenvalue weighted by atomic mass is 9.96. The van der Waals surface area contributed by atoms with Gasteiger partial charge in [0.15, 0.2) is 0 Å². The fourth-order valence-corrected chi connectivity index (χ4v) is 1.42. The Morgan fingerprint density at radius 3 is 2.44 bits per heavy atom. The zero-order valence-corrected chi connectivity index (χ0v) is 5.70. The second-order valence-corrected chi connectivity index (χ2v) is 2.67. The van der Waals surface area contributed by atoms with Crippen LogP contribution in [-0.2, 0) is 0 Å². The summed E-state index contributed by atoms with van der Waals surface area (Å²) in [5.41, 5.74) is 0. The largest absolute Gasteiger partial charge is 0.288 e. The van der Waals surface area contributed by atoms with Crippen molar-refractivity contribution in [2.24, 2.45) is 0 Å². The Labute approximate surface area is 55.6 Å². The van der Waals surface area contributed by atoms with Crippen LogP contribution in [0.5, 0.6) is 0 Å². The lowest BCUT2D eigenvalue weighted by Crippen LogP contribution is -2.29. The highest BCUT2D eigenvalue weighted by atomic mass is 19.1. The molecule has 54 valence electrons. The lowest BCUT2D eigenvalue weighted by molar-refractivity contribution is 0.316. The van der Waals surface area contributed by atoms with Crippen molar-refractivity contribution in [3.63, 3.8) is 0 Å². The molecule has 0 aliphatic heterocycles. The van der Waals surface area contributed by atoms with E-state index < -0.39 is 0 Å². The fourth-order valence-electron chi connectivity index (χ4n) is 1.42. The molecular weight excluding hydrogens is 117 g/mol. The number of rotatable bonds is 2. The summed E-state index contributed by atoms with van der Waals surface area (Å²) in [6.07, 6.45) is 6.23. The normalized spacial score (nSPS) is 22.3. The van der Waals surface area contributed by atoms with Gasteiger partial charge < -0.3 is 0 Å². The zero-order chi connectivity index (χ0) is 6.53. The van der Waals surface area contributed by atoms with Gasteiger partial charge in [-0.25, -0.2) is 4.39 Å². The summed E-state index contributed by atoms with van der Waals surface area (Å²) in [5, 5.41) is 2.82. The zero-order valence-electron chi connectivity index (χ0n) is 5.70. The molecule has 0 heterocycles. The molecule has 1 saturated carbocycles. The number of halogens is 1. The number of alkyl halides is 1. The topological polar surface area (TPSA) is 12.0 Å². The van der Waals surface area contributed by atoms with Gasteiger partial charge in [-0.15, -0.1) is 0 Å². The van der Waals surface area contributed by atoms with Crippen LogP contribution < -0.4 is 5.32 Å². The standard InChI is InChI=1S/C7H14FN/c8-6-9-7-4-2-1-3-5-7/h7,9H,1-6H2. The van der Waals surface area contributed by atoms with Crippen molar-refractivity contribution in [2.45, 2.75) is 38.1 Å². The molecule has 9 heavy (non-hydrogen) atoms. The molecule has 0 unspecified atom stereocenters. The summed E-state index contributed by atoms with van der Waals surface area (Å²) in [7, 11) is 0. The van der Waals surface area contributed by atoms with E-state index >= 15 is 0 Å². The number of hydrogen-bond acceptors (Lipinski definition) is 1. The van der Waals surface area contributed by atoms with Crippen molar-refractivity contribution >= 4 is 0 Å². The maximum Gasteiger partial charge on any atom is 0.140 e. The molecule has 1 nitrogen and oxygen atoms in total. The lowest BCUT2D eigenvalue weighted by Gasteiger charge is -2.20. The highest BCUT2D eigenvalue weighted by molar-refractivity contribution is 4.69. The van der Waals surface area contributed by atoms with Gasteiger partial charge >= 0.3 is 0 Å². The van der Waals surface area contributed by atoms with Gasteiger partial charge in [-0.3, -0.25) is 5.32 Å². The van der Waals surface area contributed by atoms with Crippen LogP contribution in [0.4, 0.5) is 4.39 Å². The van der Waals surface area contributed by atoms with E-state index in [-0.39, 0.29) is 6.80 Å². The van der Waals surface area contributed by atoms with E-state index in [0.29, 0.717) is 6.04 Å². The monoisotopic (exact) mass is 131 g/mol. The molecule has 1 rings (SSSR count). The molecule has 1 aliphatic carbocycles. The third kappa shape index (κ3) is 2.31. The molecule has 0 amide bonds. The first kappa shape index (κ1) is 7.00. The number of nitrogens with one attached hydrogen (secondary N) is 1. The second kappa shape index (κ2) is 3.83. The smallest absolute Gasteiger partial charge is 0.140 e. The summed E-state index contributed by atoms with van der Waals surface area (Å²) >= 11 is 0. The van der Waals surface area contributed by atoms with Crippen LogP contribution in [0, 0.1) is 0 Å². The van der Waals surface area contributed by atoms with E-state index in [1.165, 1.54) is 32.1 Å². The van der Waals surface area contributed by atoms with Crippen LogP contribution in [0.2, 0.25) is 0 Å². The molecule has 0 atom stereocenters. The maximum atomic E-state index is 11.7. The van der Waals surface area contributed by atoms with Crippen molar-refractivity contribution in [3.05, 3.63) is 0 Å². The minimum absolute atomic E-state index is 0.356. The second-order valence-electron chi connectivity index (χ2n) is 2.67. The van der Waals surface area contributed by atoms with Crippen molar-refractivity contribution in [1.82, 2.24) is 5.32 Å². The average Bonchev–Trinajstić information content (AvgIpc) is 1.91. The molecule has 0 aromatic carbocycles. The Kier molecular flexibility index (Phi) is 2.98. The van der Waals surface area contributed by atoms with E-state index in [1.807, 2.05) is 0 Å². The molecule has 0 bridgehead atoms. The third-order valence-corrected chi connectivity index (χ3v) is 1.97. The Morgan fingerprint density at radius 1 is 1.22 bits per heavy atom. The fraction of sp³-hybridized carbons (Fsp3) is 1.00. The van der Waals surface area contributed by atoms with E-state index in [0.717, 1.165) is 0 Å². The molecule has 0 saturated heterocycles. The first-order valence-corrected chi connectivity index (χ1v) is 3.73. The van der Waals surface area contributed by atoms with Gasteiger partial charge in [-0.2, -0.15) is 0 Å². The van der Waals surface area contributed by atoms with Crippen molar-refractivity contribution < 1.29 is 4.39 Å². The van der Waals surface area contributed by atoms with Crippen LogP contribution in [0.25, 0.3) is 0 Å². The van der Waals surface area contributed by atoms with E-state index in [1.54, 1.807) is 0 Å². The van der Waals surface area contributed by atoms with Gasteiger partial charge in [0.25, 0.3) is 0 Å². The van der Waals surface area contributed by atoms with E-state index in [4.69, 9.17) is 0 Å². The van der Waals surface area contributed by atoms with Gasteiger partial charge in [-0.05, 0) is 12.8 Å². The molecule has 1 N–H and O–H groups in total. The Morgan fingerprint density at radius 2 is 1.89 bits per heavy atom. The van der Waals surface area contributed by atoms with Crippen molar-refractivity contribution in [2.75, 3.05) is 6.80 Å². The molecule has 2 heteroatoms. The van der Waals surface area contributed by atoms with E-state index in [2.05, 4.69) is 5.32 Å². The van der Waals surface area contributed by atoms with Crippen molar-refractivity contribution in [3.8, 4) is 0 Å². The van der Waals surface area contributed by atoms with Gasteiger partial charge in [0.05, 0.1) is 0 Å². The Hall–Kier alpha value is -0.110. The van der Waals surface area contributed by atoms with Crippen LogP contribution in [-0.4, -0.2) is 12.8 Å². The minimum atomic E-state index is -0.356. The average molecular weight is 131 g/mol. The molecule has 0 spiro atoms. The van der Waals surface area contributed by atoms with Crippen LogP contribution in [0.3, 0.4) is 0 Å². The van der Waals surface area contributed by atoms with E-state index in [9.17, 15) is 4.39 Å². The molecule has 1 aliphatic rings. The Bertz CT molecular complexity index is 66.6. The van der Waals surface area contributed by atoms with Crippen molar-refractivity contribution in [1.29, 1.82) is 0 Å². The first-order valence-electron chi connectivity index (χ1n) is 3.73. The molecular formula is C7H14FN. The molecule has 0 aromatic heterocycles. The highest BCUT2D eigenvalue weighted by Crippen LogP contribution is 2.16. The summed E-state index contributed by atoms with van der Waals surface area (Å²) in [6, 6.07) is 0.476. The first-order chi connectivity index (χ1) is 4.43. The SMILES string of the molecule is FCNC1CCCCC1. The van der Waals surface area contributed by atoms with Gasteiger partial charge in [-0.1, -0.05) is 19.3 Å².